The van der Waals surface area contributed by atoms with E-state index in [1.807, 2.05) is 16.8 Å². The van der Waals surface area contributed by atoms with Crippen molar-refractivity contribution in [3.8, 4) is 0 Å². The maximum atomic E-state index is 12.3. The molecule has 6 heteroatoms. The van der Waals surface area contributed by atoms with E-state index >= 15 is 0 Å². The number of hydrogen-bond donors (Lipinski definition) is 2. The molecule has 0 aliphatic rings. The summed E-state index contributed by atoms with van der Waals surface area (Å²) in [5, 5.41) is 15.2. The van der Waals surface area contributed by atoms with E-state index < -0.39 is 12.0 Å². The van der Waals surface area contributed by atoms with Gasteiger partial charge in [-0.3, -0.25) is 14.4 Å². The second-order valence-corrected chi connectivity index (χ2v) is 5.87. The smallest absolute Gasteiger partial charge is 0.303 e. The molecule has 0 bridgehead atoms. The molecule has 0 aliphatic heterocycles. The second kappa shape index (κ2) is 8.24. The molecule has 1 amide bonds. The number of nitrogens with one attached hydrogen (secondary N) is 1. The molecule has 0 spiro atoms. The van der Waals surface area contributed by atoms with E-state index in [0.717, 1.165) is 5.56 Å². The van der Waals surface area contributed by atoms with Crippen LogP contribution in [0.15, 0.2) is 47.2 Å². The minimum absolute atomic E-state index is 0.0980. The summed E-state index contributed by atoms with van der Waals surface area (Å²) in [7, 11) is 0. The average molecular weight is 331 g/mol. The molecule has 0 radical (unpaired) electrons. The first kappa shape index (κ1) is 16.9. The predicted molar refractivity (Wildman–Crippen MR) is 87.6 cm³/mol. The number of Topliss-reactive ketones (excluding diaryl/α,β-unsaturated/α-hetero) is 1. The Morgan fingerprint density at radius 3 is 2.43 bits per heavy atom. The van der Waals surface area contributed by atoms with Gasteiger partial charge in [-0.15, -0.1) is 0 Å². The Bertz CT molecular complexity index is 667. The van der Waals surface area contributed by atoms with Crippen molar-refractivity contribution in [2.24, 2.45) is 0 Å². The molecule has 23 heavy (non-hydrogen) atoms. The second-order valence-electron chi connectivity index (χ2n) is 5.09. The lowest BCUT2D eigenvalue weighted by Crippen LogP contribution is -2.42. The Labute approximate surface area is 138 Å². The van der Waals surface area contributed by atoms with Crippen LogP contribution in [0.3, 0.4) is 0 Å². The van der Waals surface area contributed by atoms with Gasteiger partial charge in [-0.2, -0.15) is 11.3 Å². The molecule has 0 aliphatic carbocycles. The van der Waals surface area contributed by atoms with Crippen molar-refractivity contribution in [1.82, 2.24) is 5.32 Å². The fourth-order valence-corrected chi connectivity index (χ4v) is 2.81. The first-order chi connectivity index (χ1) is 11.1. The summed E-state index contributed by atoms with van der Waals surface area (Å²) in [4.78, 5) is 35.2. The lowest BCUT2D eigenvalue weighted by molar-refractivity contribution is -0.138. The highest BCUT2D eigenvalue weighted by Gasteiger charge is 2.22. The monoisotopic (exact) mass is 331 g/mol. The Kier molecular flexibility index (Phi) is 6.05. The summed E-state index contributed by atoms with van der Waals surface area (Å²) in [5.74, 6) is -1.64. The van der Waals surface area contributed by atoms with E-state index in [2.05, 4.69) is 5.32 Å². The highest BCUT2D eigenvalue weighted by Crippen LogP contribution is 2.11. The zero-order valence-corrected chi connectivity index (χ0v) is 13.2. The molecule has 0 fully saturated rings. The summed E-state index contributed by atoms with van der Waals surface area (Å²) in [5.41, 5.74) is 1.41. The van der Waals surface area contributed by atoms with Crippen LogP contribution in [0.25, 0.3) is 0 Å². The zero-order chi connectivity index (χ0) is 16.7. The number of thiophene rings is 1. The molecule has 120 valence electrons. The first-order valence-corrected chi connectivity index (χ1v) is 8.12. The van der Waals surface area contributed by atoms with Crippen LogP contribution in [-0.2, 0) is 16.0 Å². The summed E-state index contributed by atoms with van der Waals surface area (Å²) in [6.45, 7) is 0. The molecule has 2 aromatic rings. The maximum absolute atomic E-state index is 12.3. The molecule has 0 saturated carbocycles. The summed E-state index contributed by atoms with van der Waals surface area (Å²) in [6.07, 6.45) is 0.0277. The van der Waals surface area contributed by atoms with Gasteiger partial charge >= 0.3 is 5.97 Å². The third-order valence-electron chi connectivity index (χ3n) is 3.34. The van der Waals surface area contributed by atoms with Crippen LogP contribution in [0.4, 0.5) is 0 Å². The number of rotatable bonds is 8. The van der Waals surface area contributed by atoms with Gasteiger partial charge in [0.05, 0.1) is 12.5 Å². The molecular weight excluding hydrogens is 314 g/mol. The topological polar surface area (TPSA) is 83.5 Å². The van der Waals surface area contributed by atoms with Gasteiger partial charge in [0.2, 0.25) is 0 Å². The Morgan fingerprint density at radius 1 is 1.09 bits per heavy atom. The number of aliphatic carboxylic acids is 1. The number of amides is 1. The number of benzene rings is 1. The summed E-state index contributed by atoms with van der Waals surface area (Å²) in [6, 6.07) is 9.78. The Balaban J connectivity index is 2.07. The van der Waals surface area contributed by atoms with Crippen LogP contribution >= 0.6 is 11.3 Å². The standard InChI is InChI=1S/C17H17NO4S/c19-15(6-7-16(20)21)14(10-12-8-9-23-11-12)18-17(22)13-4-2-1-3-5-13/h1-5,8-9,11,14H,6-7,10H2,(H,18,22)(H,20,21)/t14-/m1/s1. The number of ketones is 1. The highest BCUT2D eigenvalue weighted by molar-refractivity contribution is 7.07. The number of carboxylic acids is 1. The third kappa shape index (κ3) is 5.34. The van der Waals surface area contributed by atoms with Crippen LogP contribution < -0.4 is 5.32 Å². The van der Waals surface area contributed by atoms with E-state index in [1.54, 1.807) is 30.3 Å². The van der Waals surface area contributed by atoms with Crippen molar-refractivity contribution >= 4 is 29.0 Å². The van der Waals surface area contributed by atoms with E-state index in [-0.39, 0.29) is 24.5 Å². The third-order valence-corrected chi connectivity index (χ3v) is 4.07. The van der Waals surface area contributed by atoms with Gasteiger partial charge in [-0.05, 0) is 34.5 Å². The van der Waals surface area contributed by atoms with Gasteiger partial charge in [0.25, 0.3) is 5.91 Å². The maximum Gasteiger partial charge on any atom is 0.303 e. The van der Waals surface area contributed by atoms with Crippen molar-refractivity contribution in [1.29, 1.82) is 0 Å². The quantitative estimate of drug-likeness (QED) is 0.778. The van der Waals surface area contributed by atoms with Crippen LogP contribution in [-0.4, -0.2) is 28.8 Å². The van der Waals surface area contributed by atoms with Gasteiger partial charge in [-0.25, -0.2) is 0 Å². The van der Waals surface area contributed by atoms with Crippen LogP contribution in [0, 0.1) is 0 Å². The van der Waals surface area contributed by atoms with Crippen molar-refractivity contribution in [2.75, 3.05) is 0 Å². The average Bonchev–Trinajstić information content (AvgIpc) is 3.05. The van der Waals surface area contributed by atoms with Gasteiger partial charge in [0.1, 0.15) is 0 Å². The molecule has 1 atom stereocenters. The van der Waals surface area contributed by atoms with E-state index in [1.165, 1.54) is 11.3 Å². The van der Waals surface area contributed by atoms with Crippen molar-refractivity contribution < 1.29 is 19.5 Å². The minimum Gasteiger partial charge on any atom is -0.481 e. The van der Waals surface area contributed by atoms with Crippen molar-refractivity contribution in [3.05, 3.63) is 58.3 Å². The fourth-order valence-electron chi connectivity index (χ4n) is 2.13. The summed E-state index contributed by atoms with van der Waals surface area (Å²) < 4.78 is 0. The van der Waals surface area contributed by atoms with Crippen molar-refractivity contribution in [2.45, 2.75) is 25.3 Å². The Hall–Kier alpha value is -2.47. The van der Waals surface area contributed by atoms with Gasteiger partial charge in [-0.1, -0.05) is 18.2 Å². The van der Waals surface area contributed by atoms with Gasteiger partial charge in [0.15, 0.2) is 5.78 Å². The van der Waals surface area contributed by atoms with Crippen LogP contribution in [0.1, 0.15) is 28.8 Å². The number of carboxylic acid groups (broad SMARTS) is 1. The molecule has 1 aromatic carbocycles. The number of carbonyl (C=O) groups excluding carboxylic acids is 2. The fraction of sp³-hybridized carbons (Fsp3) is 0.235. The SMILES string of the molecule is O=C(O)CCC(=O)[C@@H](Cc1ccsc1)NC(=O)c1ccccc1. The van der Waals surface area contributed by atoms with E-state index in [0.29, 0.717) is 12.0 Å². The molecule has 1 aromatic heterocycles. The van der Waals surface area contributed by atoms with Crippen molar-refractivity contribution in [3.63, 3.8) is 0 Å². The van der Waals surface area contributed by atoms with Gasteiger partial charge in [0, 0.05) is 18.4 Å². The molecule has 0 unspecified atom stereocenters. The normalized spacial score (nSPS) is 11.7. The lowest BCUT2D eigenvalue weighted by Gasteiger charge is -2.17. The van der Waals surface area contributed by atoms with E-state index in [4.69, 9.17) is 5.11 Å². The first-order valence-electron chi connectivity index (χ1n) is 7.18. The van der Waals surface area contributed by atoms with Crippen LogP contribution in [0.5, 0.6) is 0 Å². The molecular formula is C17H17NO4S. The molecule has 5 nitrogen and oxygen atoms in total. The van der Waals surface area contributed by atoms with Crippen LogP contribution in [0.2, 0.25) is 0 Å². The molecule has 0 saturated heterocycles. The molecule has 1 heterocycles. The van der Waals surface area contributed by atoms with E-state index in [9.17, 15) is 14.4 Å². The summed E-state index contributed by atoms with van der Waals surface area (Å²) >= 11 is 1.51. The highest BCUT2D eigenvalue weighted by atomic mass is 32.1. The predicted octanol–water partition coefficient (Wildman–Crippen LogP) is 2.52. The minimum atomic E-state index is -1.03. The zero-order valence-electron chi connectivity index (χ0n) is 12.4. The molecule has 2 N–H and O–H groups in total. The Morgan fingerprint density at radius 2 is 1.83 bits per heavy atom. The number of carbonyl (C=O) groups is 3. The van der Waals surface area contributed by atoms with Gasteiger partial charge < -0.3 is 10.4 Å². The number of hydrogen-bond acceptors (Lipinski definition) is 4. The molecule has 2 rings (SSSR count). The lowest BCUT2D eigenvalue weighted by atomic mass is 10.0. The largest absolute Gasteiger partial charge is 0.481 e.